The highest BCUT2D eigenvalue weighted by Crippen LogP contribution is 2.16. The molecule has 0 spiro atoms. The second kappa shape index (κ2) is 5.47. The van der Waals surface area contributed by atoms with Crippen LogP contribution in [0, 0.1) is 0 Å². The van der Waals surface area contributed by atoms with Gasteiger partial charge in [0.15, 0.2) is 0 Å². The van der Waals surface area contributed by atoms with Gasteiger partial charge in [0, 0.05) is 11.6 Å². The fourth-order valence-electron chi connectivity index (χ4n) is 0.832. The van der Waals surface area contributed by atoms with Gasteiger partial charge in [0.25, 0.3) is 0 Å². The smallest absolute Gasteiger partial charge is 0.410 e. The number of hydrogen-bond acceptors (Lipinski definition) is 3. The summed E-state index contributed by atoms with van der Waals surface area (Å²) in [5, 5.41) is 11.3. The quantitative estimate of drug-likeness (QED) is 0.802. The van der Waals surface area contributed by atoms with Gasteiger partial charge in [-0.05, 0) is 18.2 Å². The van der Waals surface area contributed by atoms with Crippen molar-refractivity contribution in [3.05, 3.63) is 29.3 Å². The van der Waals surface area contributed by atoms with Crippen LogP contribution in [0.2, 0.25) is 5.02 Å². The van der Waals surface area contributed by atoms with E-state index in [4.69, 9.17) is 21.4 Å². The first kappa shape index (κ1) is 10.8. The Hall–Kier alpha value is -1.26. The minimum Gasteiger partial charge on any atom is -0.410 e. The molecule has 1 rings (SSSR count). The molecule has 0 saturated carbocycles. The zero-order valence-electron chi connectivity index (χ0n) is 7.37. The Labute approximate surface area is 86.4 Å². The molecule has 14 heavy (non-hydrogen) atoms. The lowest BCUT2D eigenvalue weighted by Gasteiger charge is -2.04. The van der Waals surface area contributed by atoms with Crippen molar-refractivity contribution in [2.75, 3.05) is 13.2 Å². The van der Waals surface area contributed by atoms with Gasteiger partial charge in [-0.2, -0.15) is 0 Å². The molecular weight excluding hydrogens is 206 g/mol. The molecule has 0 aliphatic heterocycles. The number of rotatable bonds is 3. The summed E-state index contributed by atoms with van der Waals surface area (Å²) in [5.41, 5.74) is 0. The number of ether oxygens (including phenoxy) is 1. The maximum Gasteiger partial charge on any atom is 0.412 e. The Balaban J connectivity index is 2.47. The van der Waals surface area contributed by atoms with Gasteiger partial charge in [-0.25, -0.2) is 4.79 Å². The van der Waals surface area contributed by atoms with Crippen LogP contribution in [-0.4, -0.2) is 24.4 Å². The Morgan fingerprint density at radius 3 is 3.00 bits per heavy atom. The van der Waals surface area contributed by atoms with Crippen LogP contribution >= 0.6 is 11.6 Å². The van der Waals surface area contributed by atoms with Crippen LogP contribution in [0.15, 0.2) is 24.3 Å². The van der Waals surface area contributed by atoms with Crippen LogP contribution in [0.3, 0.4) is 0 Å². The van der Waals surface area contributed by atoms with E-state index in [0.717, 1.165) is 0 Å². The van der Waals surface area contributed by atoms with E-state index in [1.54, 1.807) is 18.2 Å². The first-order chi connectivity index (χ1) is 6.72. The second-order valence-corrected chi connectivity index (χ2v) is 2.93. The van der Waals surface area contributed by atoms with Crippen LogP contribution < -0.4 is 10.1 Å². The van der Waals surface area contributed by atoms with Crippen LogP contribution in [0.4, 0.5) is 4.79 Å². The average molecular weight is 216 g/mol. The monoisotopic (exact) mass is 215 g/mol. The van der Waals surface area contributed by atoms with Gasteiger partial charge in [0.05, 0.1) is 6.61 Å². The molecule has 0 aromatic heterocycles. The summed E-state index contributed by atoms with van der Waals surface area (Å²) in [6.45, 7) is 0.0457. The first-order valence-corrected chi connectivity index (χ1v) is 4.42. The molecule has 1 aromatic carbocycles. The molecule has 1 amide bonds. The number of carbonyl (C=O) groups is 1. The lowest BCUT2D eigenvalue weighted by atomic mass is 10.3. The zero-order valence-corrected chi connectivity index (χ0v) is 8.12. The van der Waals surface area contributed by atoms with Crippen molar-refractivity contribution in [2.45, 2.75) is 0 Å². The lowest BCUT2D eigenvalue weighted by Crippen LogP contribution is -2.29. The summed E-state index contributed by atoms with van der Waals surface area (Å²) in [5.74, 6) is 0.368. The summed E-state index contributed by atoms with van der Waals surface area (Å²) >= 11 is 5.68. The van der Waals surface area contributed by atoms with Crippen molar-refractivity contribution < 1.29 is 14.6 Å². The number of nitrogens with one attached hydrogen (secondary N) is 1. The maximum absolute atomic E-state index is 11.0. The first-order valence-electron chi connectivity index (χ1n) is 4.04. The molecule has 0 fully saturated rings. The third kappa shape index (κ3) is 3.64. The van der Waals surface area contributed by atoms with E-state index in [0.29, 0.717) is 10.8 Å². The third-order valence-corrected chi connectivity index (χ3v) is 1.62. The molecule has 0 radical (unpaired) electrons. The third-order valence-electron chi connectivity index (χ3n) is 1.39. The molecule has 0 aliphatic carbocycles. The van der Waals surface area contributed by atoms with Gasteiger partial charge >= 0.3 is 6.09 Å². The highest BCUT2D eigenvalue weighted by molar-refractivity contribution is 6.30. The minimum absolute atomic E-state index is 0.120. The Morgan fingerprint density at radius 1 is 1.57 bits per heavy atom. The number of hydrogen-bond donors (Lipinski definition) is 2. The summed E-state index contributed by atoms with van der Waals surface area (Å²) in [4.78, 5) is 11.0. The predicted octanol–water partition coefficient (Wildman–Crippen LogP) is 1.42. The number of halogens is 1. The molecule has 1 aromatic rings. The summed E-state index contributed by atoms with van der Waals surface area (Å²) in [7, 11) is 0. The standard InChI is InChI=1S/C9H10ClNO3/c10-7-2-1-3-8(6-7)14-9(13)11-4-5-12/h1-3,6,12H,4-5H2,(H,11,13). The van der Waals surface area contributed by atoms with E-state index >= 15 is 0 Å². The van der Waals surface area contributed by atoms with E-state index in [2.05, 4.69) is 5.32 Å². The maximum atomic E-state index is 11.0. The number of carbonyl (C=O) groups excluding carboxylic acids is 1. The fraction of sp³-hybridized carbons (Fsp3) is 0.222. The Bertz CT molecular complexity index is 317. The van der Waals surface area contributed by atoms with E-state index in [1.165, 1.54) is 6.07 Å². The van der Waals surface area contributed by atoms with Crippen LogP contribution in [0.25, 0.3) is 0 Å². The van der Waals surface area contributed by atoms with E-state index in [9.17, 15) is 4.79 Å². The second-order valence-electron chi connectivity index (χ2n) is 2.50. The molecule has 0 unspecified atom stereocenters. The molecule has 0 aliphatic rings. The minimum atomic E-state index is -0.610. The van der Waals surface area contributed by atoms with Crippen LogP contribution in [0.5, 0.6) is 5.75 Å². The molecule has 5 heteroatoms. The fourth-order valence-corrected chi connectivity index (χ4v) is 1.01. The Morgan fingerprint density at radius 2 is 2.36 bits per heavy atom. The van der Waals surface area contributed by atoms with Crippen molar-refractivity contribution >= 4 is 17.7 Å². The van der Waals surface area contributed by atoms with Crippen molar-refractivity contribution in [2.24, 2.45) is 0 Å². The van der Waals surface area contributed by atoms with Gasteiger partial charge in [-0.3, -0.25) is 0 Å². The normalized spacial score (nSPS) is 9.57. The molecular formula is C9H10ClNO3. The molecule has 4 nitrogen and oxygen atoms in total. The number of aliphatic hydroxyl groups excluding tert-OH is 1. The van der Waals surface area contributed by atoms with Gasteiger partial charge in [-0.1, -0.05) is 17.7 Å². The number of benzene rings is 1. The van der Waals surface area contributed by atoms with Gasteiger partial charge in [-0.15, -0.1) is 0 Å². The van der Waals surface area contributed by atoms with Crippen molar-refractivity contribution in [1.82, 2.24) is 5.32 Å². The van der Waals surface area contributed by atoms with E-state index in [1.807, 2.05) is 0 Å². The molecule has 0 saturated heterocycles. The molecule has 0 atom stereocenters. The largest absolute Gasteiger partial charge is 0.412 e. The van der Waals surface area contributed by atoms with Crippen molar-refractivity contribution in [3.63, 3.8) is 0 Å². The summed E-state index contributed by atoms with van der Waals surface area (Å²) < 4.78 is 4.85. The number of amides is 1. The van der Waals surface area contributed by atoms with Crippen LogP contribution in [0.1, 0.15) is 0 Å². The number of aliphatic hydroxyl groups is 1. The van der Waals surface area contributed by atoms with E-state index < -0.39 is 6.09 Å². The van der Waals surface area contributed by atoms with Gasteiger partial charge < -0.3 is 15.2 Å². The Kier molecular flexibility index (Phi) is 4.22. The van der Waals surface area contributed by atoms with Crippen LogP contribution in [-0.2, 0) is 0 Å². The predicted molar refractivity (Wildman–Crippen MR) is 52.6 cm³/mol. The highest BCUT2D eigenvalue weighted by atomic mass is 35.5. The SMILES string of the molecule is O=C(NCCO)Oc1cccc(Cl)c1. The molecule has 2 N–H and O–H groups in total. The average Bonchev–Trinajstić information content (AvgIpc) is 2.15. The highest BCUT2D eigenvalue weighted by Gasteiger charge is 2.02. The van der Waals surface area contributed by atoms with Crippen molar-refractivity contribution in [3.8, 4) is 5.75 Å². The lowest BCUT2D eigenvalue weighted by molar-refractivity contribution is 0.195. The molecule has 0 bridgehead atoms. The van der Waals surface area contributed by atoms with Crippen molar-refractivity contribution in [1.29, 1.82) is 0 Å². The molecule has 76 valence electrons. The summed E-state index contributed by atoms with van der Waals surface area (Å²) in [6, 6.07) is 6.50. The molecule has 0 heterocycles. The van der Waals surface area contributed by atoms with Gasteiger partial charge in [0.1, 0.15) is 5.75 Å². The topological polar surface area (TPSA) is 58.6 Å². The van der Waals surface area contributed by atoms with E-state index in [-0.39, 0.29) is 13.2 Å². The van der Waals surface area contributed by atoms with Gasteiger partial charge in [0.2, 0.25) is 0 Å². The summed E-state index contributed by atoms with van der Waals surface area (Å²) in [6.07, 6.45) is -0.610. The zero-order chi connectivity index (χ0) is 10.4.